The summed E-state index contributed by atoms with van der Waals surface area (Å²) in [5, 5.41) is 8.71. The summed E-state index contributed by atoms with van der Waals surface area (Å²) in [5.74, 6) is 0.997. The van der Waals surface area contributed by atoms with E-state index in [0.29, 0.717) is 0 Å². The van der Waals surface area contributed by atoms with Gasteiger partial charge in [0, 0.05) is 6.42 Å². The molecule has 0 saturated heterocycles. The Balaban J connectivity index is 2.45. The number of methoxy groups -OCH3 is 1. The summed E-state index contributed by atoms with van der Waals surface area (Å²) in [5.41, 5.74) is 1.08. The number of rotatable bonds is 2. The van der Waals surface area contributed by atoms with E-state index >= 15 is 0 Å². The molecule has 1 N–H and O–H groups in total. The van der Waals surface area contributed by atoms with Crippen molar-refractivity contribution in [3.05, 3.63) is 23.5 Å². The van der Waals surface area contributed by atoms with Gasteiger partial charge in [0.2, 0.25) is 0 Å². The zero-order chi connectivity index (χ0) is 7.40. The number of allylic oxidation sites excluding steroid dienone is 2. The fraction of sp³-hybridized carbons (Fsp3) is 0.500. The third-order valence-electron chi connectivity index (χ3n) is 1.65. The van der Waals surface area contributed by atoms with E-state index in [9.17, 15) is 0 Å². The van der Waals surface area contributed by atoms with Crippen LogP contribution in [0.5, 0.6) is 0 Å². The highest BCUT2D eigenvalue weighted by atomic mass is 16.5. The van der Waals surface area contributed by atoms with Crippen LogP contribution in [0.2, 0.25) is 0 Å². The van der Waals surface area contributed by atoms with E-state index in [2.05, 4.69) is 0 Å². The van der Waals surface area contributed by atoms with Crippen LogP contribution in [0, 0.1) is 0 Å². The van der Waals surface area contributed by atoms with Gasteiger partial charge in [0.05, 0.1) is 19.5 Å². The van der Waals surface area contributed by atoms with Crippen LogP contribution in [0.3, 0.4) is 0 Å². The molecule has 0 aromatic rings. The predicted octanol–water partition coefficient (Wildman–Crippen LogP) is 1.23. The number of hydrogen-bond acceptors (Lipinski definition) is 2. The van der Waals surface area contributed by atoms with Crippen LogP contribution in [-0.4, -0.2) is 18.8 Å². The van der Waals surface area contributed by atoms with Gasteiger partial charge in [-0.25, -0.2) is 0 Å². The van der Waals surface area contributed by atoms with Crippen LogP contribution in [0.1, 0.15) is 12.8 Å². The Hall–Kier alpha value is -0.760. The summed E-state index contributed by atoms with van der Waals surface area (Å²) >= 11 is 0. The van der Waals surface area contributed by atoms with Crippen LogP contribution in [0.25, 0.3) is 0 Å². The molecule has 0 radical (unpaired) electrons. The van der Waals surface area contributed by atoms with Crippen molar-refractivity contribution in [3.8, 4) is 0 Å². The van der Waals surface area contributed by atoms with Crippen molar-refractivity contribution >= 4 is 0 Å². The predicted molar refractivity (Wildman–Crippen MR) is 39.5 cm³/mol. The van der Waals surface area contributed by atoms with Gasteiger partial charge in [-0.05, 0) is 18.1 Å². The van der Waals surface area contributed by atoms with Crippen LogP contribution in [0.4, 0.5) is 0 Å². The molecule has 0 aliphatic heterocycles. The van der Waals surface area contributed by atoms with E-state index in [1.807, 2.05) is 12.2 Å². The molecule has 0 fully saturated rings. The molecule has 1 rings (SSSR count). The molecule has 0 amide bonds. The quantitative estimate of drug-likeness (QED) is 0.584. The second-order valence-electron chi connectivity index (χ2n) is 2.30. The van der Waals surface area contributed by atoms with E-state index in [0.717, 1.165) is 24.2 Å². The first-order valence-electron chi connectivity index (χ1n) is 3.38. The first-order valence-corrected chi connectivity index (χ1v) is 3.38. The van der Waals surface area contributed by atoms with Crippen LogP contribution < -0.4 is 0 Å². The van der Waals surface area contributed by atoms with Gasteiger partial charge in [-0.2, -0.15) is 0 Å². The molecule has 2 heteroatoms. The largest absolute Gasteiger partial charge is 0.501 e. The zero-order valence-electron chi connectivity index (χ0n) is 6.13. The van der Waals surface area contributed by atoms with Crippen LogP contribution in [0.15, 0.2) is 23.5 Å². The van der Waals surface area contributed by atoms with Gasteiger partial charge in [0.15, 0.2) is 0 Å². The van der Waals surface area contributed by atoms with Gasteiger partial charge < -0.3 is 9.84 Å². The Morgan fingerprint density at radius 3 is 2.70 bits per heavy atom. The van der Waals surface area contributed by atoms with Gasteiger partial charge in [0.1, 0.15) is 0 Å². The number of aliphatic hydroxyl groups excluding tert-OH is 1. The Labute approximate surface area is 60.8 Å². The number of aliphatic hydroxyl groups is 1. The number of ether oxygens (including phenoxy) is 1. The first-order chi connectivity index (χ1) is 4.86. The molecule has 0 aromatic carbocycles. The molecule has 0 atom stereocenters. The topological polar surface area (TPSA) is 29.5 Å². The van der Waals surface area contributed by atoms with Crippen molar-refractivity contribution in [2.45, 2.75) is 12.8 Å². The van der Waals surface area contributed by atoms with Gasteiger partial charge in [-0.15, -0.1) is 0 Å². The molecule has 0 aromatic heterocycles. The van der Waals surface area contributed by atoms with Gasteiger partial charge in [-0.1, -0.05) is 6.08 Å². The number of hydrogen-bond donors (Lipinski definition) is 1. The van der Waals surface area contributed by atoms with Crippen molar-refractivity contribution in [3.63, 3.8) is 0 Å². The molecule has 0 saturated carbocycles. The highest BCUT2D eigenvalue weighted by Crippen LogP contribution is 2.16. The third kappa shape index (κ3) is 1.61. The van der Waals surface area contributed by atoms with Crippen LogP contribution in [-0.2, 0) is 4.74 Å². The van der Waals surface area contributed by atoms with E-state index in [1.54, 1.807) is 7.11 Å². The maximum absolute atomic E-state index is 8.71. The fourth-order valence-corrected chi connectivity index (χ4v) is 0.952. The first kappa shape index (κ1) is 7.35. The SMILES string of the molecule is COC1=CCC(CO)=CC1. The molecule has 2 nitrogen and oxygen atoms in total. The molecule has 56 valence electrons. The second kappa shape index (κ2) is 3.42. The van der Waals surface area contributed by atoms with Crippen molar-refractivity contribution in [1.29, 1.82) is 0 Å². The lowest BCUT2D eigenvalue weighted by molar-refractivity contribution is 0.278. The van der Waals surface area contributed by atoms with Gasteiger partial charge in [-0.3, -0.25) is 0 Å². The molecule has 1 aliphatic rings. The molecule has 0 heterocycles. The Kier molecular flexibility index (Phi) is 2.51. The summed E-state index contributed by atoms with van der Waals surface area (Å²) in [4.78, 5) is 0. The van der Waals surface area contributed by atoms with E-state index < -0.39 is 0 Å². The van der Waals surface area contributed by atoms with E-state index in [4.69, 9.17) is 9.84 Å². The van der Waals surface area contributed by atoms with E-state index in [-0.39, 0.29) is 6.61 Å². The lowest BCUT2D eigenvalue weighted by atomic mass is 10.1. The monoisotopic (exact) mass is 140 g/mol. The Morgan fingerprint density at radius 1 is 1.50 bits per heavy atom. The maximum Gasteiger partial charge on any atom is 0.0956 e. The van der Waals surface area contributed by atoms with Gasteiger partial charge in [0.25, 0.3) is 0 Å². The minimum atomic E-state index is 0.174. The van der Waals surface area contributed by atoms with Crippen molar-refractivity contribution in [2.75, 3.05) is 13.7 Å². The summed E-state index contributed by atoms with van der Waals surface area (Å²) in [6, 6.07) is 0. The van der Waals surface area contributed by atoms with E-state index in [1.165, 1.54) is 0 Å². The smallest absolute Gasteiger partial charge is 0.0956 e. The minimum absolute atomic E-state index is 0.174. The third-order valence-corrected chi connectivity index (χ3v) is 1.65. The summed E-state index contributed by atoms with van der Waals surface area (Å²) in [6.07, 6.45) is 5.68. The minimum Gasteiger partial charge on any atom is -0.501 e. The summed E-state index contributed by atoms with van der Waals surface area (Å²) in [6.45, 7) is 0.174. The standard InChI is InChI=1S/C8H12O2/c1-10-8-4-2-7(6-9)3-5-8/h2,5,9H,3-4,6H2,1H3. The molecule has 10 heavy (non-hydrogen) atoms. The van der Waals surface area contributed by atoms with Crippen LogP contribution >= 0.6 is 0 Å². The average molecular weight is 140 g/mol. The lowest BCUT2D eigenvalue weighted by Crippen LogP contribution is -1.97. The Morgan fingerprint density at radius 2 is 2.30 bits per heavy atom. The zero-order valence-corrected chi connectivity index (χ0v) is 6.13. The summed E-state index contributed by atoms with van der Waals surface area (Å²) in [7, 11) is 1.67. The molecule has 0 bridgehead atoms. The normalized spacial score (nSPS) is 17.8. The van der Waals surface area contributed by atoms with Crippen molar-refractivity contribution in [2.24, 2.45) is 0 Å². The molecule has 1 aliphatic carbocycles. The fourth-order valence-electron chi connectivity index (χ4n) is 0.952. The highest BCUT2D eigenvalue weighted by Gasteiger charge is 2.02. The molecule has 0 unspecified atom stereocenters. The average Bonchev–Trinajstić information content (AvgIpc) is 2.05. The van der Waals surface area contributed by atoms with Crippen molar-refractivity contribution < 1.29 is 9.84 Å². The molecule has 0 spiro atoms. The maximum atomic E-state index is 8.71. The second-order valence-corrected chi connectivity index (χ2v) is 2.30. The lowest BCUT2D eigenvalue weighted by Gasteiger charge is -2.10. The highest BCUT2D eigenvalue weighted by molar-refractivity contribution is 5.18. The Bertz CT molecular complexity index is 148. The summed E-state index contributed by atoms with van der Waals surface area (Å²) < 4.78 is 5.02. The molecular formula is C8H12O2. The molecular weight excluding hydrogens is 128 g/mol. The van der Waals surface area contributed by atoms with Crippen molar-refractivity contribution in [1.82, 2.24) is 0 Å². The van der Waals surface area contributed by atoms with Gasteiger partial charge >= 0.3 is 0 Å².